The first kappa shape index (κ1) is 15.9. The van der Waals surface area contributed by atoms with Gasteiger partial charge in [-0.3, -0.25) is 0 Å². The lowest BCUT2D eigenvalue weighted by molar-refractivity contribution is -0.274. The van der Waals surface area contributed by atoms with Crippen LogP contribution in [-0.2, 0) is 11.4 Å². The van der Waals surface area contributed by atoms with Crippen LogP contribution >= 0.6 is 22.6 Å². The first-order valence-corrected chi connectivity index (χ1v) is 6.04. The molecule has 0 aromatic carbocycles. The average molecular weight is 393 g/mol. The van der Waals surface area contributed by atoms with E-state index in [0.29, 0.717) is 0 Å². The molecule has 0 aliphatic rings. The minimum Gasteiger partial charge on any atom is -0.462 e. The van der Waals surface area contributed by atoms with E-state index in [4.69, 9.17) is 0 Å². The Labute approximate surface area is 119 Å². The van der Waals surface area contributed by atoms with Gasteiger partial charge < -0.3 is 9.47 Å². The molecule has 0 radical (unpaired) electrons. The van der Waals surface area contributed by atoms with Crippen LogP contribution in [0.25, 0.3) is 0 Å². The van der Waals surface area contributed by atoms with Gasteiger partial charge in [-0.1, -0.05) is 0 Å². The summed E-state index contributed by atoms with van der Waals surface area (Å²) in [4.78, 5) is 15.2. The Hall–Kier alpha value is -1.13. The van der Waals surface area contributed by atoms with Crippen LogP contribution in [-0.4, -0.2) is 23.9 Å². The maximum Gasteiger partial charge on any atom is 0.573 e. The average Bonchev–Trinajstić information content (AvgIpc) is 2.25. The maximum atomic E-state index is 12.8. The molecule has 1 aromatic rings. The summed E-state index contributed by atoms with van der Waals surface area (Å²) >= 11 is 1.59. The Bertz CT molecular complexity index is 479. The normalized spacial score (nSPS) is 11.3. The molecule has 1 rings (SSSR count). The third-order valence-electron chi connectivity index (χ3n) is 1.86. The third-order valence-corrected chi connectivity index (χ3v) is 2.41. The van der Waals surface area contributed by atoms with Crippen molar-refractivity contribution in [3.8, 4) is 5.75 Å². The van der Waals surface area contributed by atoms with E-state index < -0.39 is 36.0 Å². The Kier molecular flexibility index (Phi) is 5.32. The summed E-state index contributed by atoms with van der Waals surface area (Å²) < 4.78 is 57.9. The highest BCUT2D eigenvalue weighted by molar-refractivity contribution is 14.1. The van der Waals surface area contributed by atoms with Crippen LogP contribution in [0.3, 0.4) is 0 Å². The second-order valence-electron chi connectivity index (χ2n) is 3.17. The molecule has 106 valence electrons. The van der Waals surface area contributed by atoms with Crippen LogP contribution < -0.4 is 4.74 Å². The van der Waals surface area contributed by atoms with E-state index in [1.165, 1.54) is 6.92 Å². The quantitative estimate of drug-likeness (QED) is 0.341. The molecule has 0 aliphatic heterocycles. The SMILES string of the molecule is CCOC(=O)c1c(OC(F)(F)F)cc(I)nc1CF. The lowest BCUT2D eigenvalue weighted by atomic mass is 10.2. The third kappa shape index (κ3) is 4.48. The summed E-state index contributed by atoms with van der Waals surface area (Å²) in [6, 6.07) is 0.888. The molecule has 0 unspecified atom stereocenters. The number of ether oxygens (including phenoxy) is 2. The van der Waals surface area contributed by atoms with Crippen molar-refractivity contribution in [3.63, 3.8) is 0 Å². The largest absolute Gasteiger partial charge is 0.573 e. The van der Waals surface area contributed by atoms with E-state index in [2.05, 4.69) is 14.5 Å². The number of carbonyl (C=O) groups is 1. The lowest BCUT2D eigenvalue weighted by Gasteiger charge is -2.14. The fourth-order valence-corrected chi connectivity index (χ4v) is 1.84. The van der Waals surface area contributed by atoms with Gasteiger partial charge in [0.15, 0.2) is 0 Å². The molecule has 0 amide bonds. The Morgan fingerprint density at radius 3 is 2.58 bits per heavy atom. The standard InChI is InChI=1S/C10H8F4INO3/c1-2-18-9(17)8-5(4-11)16-7(15)3-6(8)19-10(12,13)14/h3H,2,4H2,1H3. The smallest absolute Gasteiger partial charge is 0.462 e. The van der Waals surface area contributed by atoms with E-state index in [0.717, 1.165) is 6.07 Å². The fourth-order valence-electron chi connectivity index (χ4n) is 1.26. The van der Waals surface area contributed by atoms with E-state index in [1.807, 2.05) is 0 Å². The first-order valence-electron chi connectivity index (χ1n) is 4.96. The van der Waals surface area contributed by atoms with Crippen LogP contribution in [0.4, 0.5) is 17.6 Å². The van der Waals surface area contributed by atoms with E-state index >= 15 is 0 Å². The molecule has 19 heavy (non-hydrogen) atoms. The van der Waals surface area contributed by atoms with Crippen molar-refractivity contribution in [2.75, 3.05) is 6.61 Å². The van der Waals surface area contributed by atoms with Crippen molar-refractivity contribution in [2.24, 2.45) is 0 Å². The van der Waals surface area contributed by atoms with Gasteiger partial charge >= 0.3 is 12.3 Å². The van der Waals surface area contributed by atoms with Crippen LogP contribution in [0.2, 0.25) is 0 Å². The Morgan fingerprint density at radius 2 is 2.11 bits per heavy atom. The molecule has 0 spiro atoms. The molecular weight excluding hydrogens is 385 g/mol. The number of rotatable bonds is 4. The molecule has 1 aromatic heterocycles. The fraction of sp³-hybridized carbons (Fsp3) is 0.400. The molecule has 0 saturated carbocycles. The summed E-state index contributed by atoms with van der Waals surface area (Å²) in [7, 11) is 0. The zero-order valence-electron chi connectivity index (χ0n) is 9.55. The van der Waals surface area contributed by atoms with Crippen molar-refractivity contribution >= 4 is 28.6 Å². The number of esters is 1. The second-order valence-corrected chi connectivity index (χ2v) is 4.27. The van der Waals surface area contributed by atoms with Crippen LogP contribution in [0, 0.1) is 3.70 Å². The van der Waals surface area contributed by atoms with Gasteiger partial charge in [-0.25, -0.2) is 14.2 Å². The minimum atomic E-state index is -5.00. The number of hydrogen-bond donors (Lipinski definition) is 0. The number of nitrogens with zero attached hydrogens (tertiary/aromatic N) is 1. The predicted octanol–water partition coefficient (Wildman–Crippen LogP) is 3.23. The molecule has 9 heteroatoms. The van der Waals surface area contributed by atoms with Gasteiger partial charge in [0.05, 0.1) is 12.3 Å². The number of alkyl halides is 4. The number of aromatic nitrogens is 1. The van der Waals surface area contributed by atoms with E-state index in [-0.39, 0.29) is 10.3 Å². The molecule has 0 bridgehead atoms. The molecule has 1 heterocycles. The molecule has 0 aliphatic carbocycles. The zero-order valence-corrected chi connectivity index (χ0v) is 11.7. The van der Waals surface area contributed by atoms with Gasteiger partial charge in [-0.2, -0.15) is 0 Å². The monoisotopic (exact) mass is 393 g/mol. The van der Waals surface area contributed by atoms with Crippen molar-refractivity contribution in [3.05, 3.63) is 21.0 Å². The number of pyridine rings is 1. The van der Waals surface area contributed by atoms with Gasteiger partial charge in [-0.15, -0.1) is 13.2 Å². The summed E-state index contributed by atoms with van der Waals surface area (Å²) in [5.74, 6) is -1.93. The zero-order chi connectivity index (χ0) is 14.6. The van der Waals surface area contributed by atoms with Gasteiger partial charge in [0, 0.05) is 6.07 Å². The van der Waals surface area contributed by atoms with Crippen molar-refractivity contribution < 1.29 is 31.8 Å². The number of halogens is 5. The molecular formula is C10H8F4INO3. The summed E-state index contributed by atoms with van der Waals surface area (Å²) in [5, 5.41) is 0. The van der Waals surface area contributed by atoms with Gasteiger partial charge in [0.2, 0.25) is 0 Å². The minimum absolute atomic E-state index is 0.0672. The Morgan fingerprint density at radius 1 is 1.47 bits per heavy atom. The van der Waals surface area contributed by atoms with Crippen molar-refractivity contribution in [2.45, 2.75) is 20.0 Å². The predicted molar refractivity (Wildman–Crippen MR) is 64.4 cm³/mol. The van der Waals surface area contributed by atoms with Crippen LogP contribution in [0.15, 0.2) is 6.07 Å². The molecule has 0 atom stereocenters. The molecule has 0 fully saturated rings. The molecule has 4 nitrogen and oxygen atoms in total. The van der Waals surface area contributed by atoms with E-state index in [1.54, 1.807) is 22.6 Å². The number of hydrogen-bond acceptors (Lipinski definition) is 4. The van der Waals surface area contributed by atoms with Crippen molar-refractivity contribution in [1.82, 2.24) is 4.98 Å². The number of carbonyl (C=O) groups excluding carboxylic acids is 1. The topological polar surface area (TPSA) is 48.4 Å². The molecule has 0 N–H and O–H groups in total. The van der Waals surface area contributed by atoms with E-state index in [9.17, 15) is 22.4 Å². The summed E-state index contributed by atoms with van der Waals surface area (Å²) in [6.07, 6.45) is -5.00. The van der Waals surface area contributed by atoms with Gasteiger partial charge in [0.1, 0.15) is 21.7 Å². The van der Waals surface area contributed by atoms with Gasteiger partial charge in [-0.05, 0) is 29.5 Å². The highest BCUT2D eigenvalue weighted by Crippen LogP contribution is 2.30. The van der Waals surface area contributed by atoms with Crippen LogP contribution in [0.1, 0.15) is 23.0 Å². The van der Waals surface area contributed by atoms with Crippen molar-refractivity contribution in [1.29, 1.82) is 0 Å². The van der Waals surface area contributed by atoms with Gasteiger partial charge in [0.25, 0.3) is 0 Å². The Balaban J connectivity index is 3.33. The summed E-state index contributed by atoms with van der Waals surface area (Å²) in [6.45, 7) is 0.193. The highest BCUT2D eigenvalue weighted by atomic mass is 127. The lowest BCUT2D eigenvalue weighted by Crippen LogP contribution is -2.21. The first-order chi connectivity index (χ1) is 8.78. The second kappa shape index (κ2) is 6.35. The van der Waals surface area contributed by atoms with Crippen LogP contribution in [0.5, 0.6) is 5.75 Å². The maximum absolute atomic E-state index is 12.8. The summed E-state index contributed by atoms with van der Waals surface area (Å²) in [5.41, 5.74) is -1.10. The molecule has 0 saturated heterocycles. The highest BCUT2D eigenvalue weighted by Gasteiger charge is 2.34.